The molecule has 94 valence electrons. The monoisotopic (exact) mass is 265 g/mol. The highest BCUT2D eigenvalue weighted by Crippen LogP contribution is 2.11. The fraction of sp³-hybridized carbons (Fsp3) is 0. The van der Waals surface area contributed by atoms with E-state index in [0.29, 0.717) is 0 Å². The zero-order chi connectivity index (χ0) is 12.8. The SMILES string of the molecule is O=[N+](O)O[Si](ONO)(ON([O-])O)O[N+](=O)O. The average molecular weight is 265 g/mol. The Morgan fingerprint density at radius 1 is 1.25 bits per heavy atom. The molecule has 0 bridgehead atoms. The molecule has 0 aromatic rings. The Balaban J connectivity index is 4.86. The van der Waals surface area contributed by atoms with Gasteiger partial charge in [0.2, 0.25) is 0 Å². The minimum absolute atomic E-state index is 0.781. The largest absolute Gasteiger partial charge is 0.988 e. The molecule has 0 heterocycles. The zero-order valence-electron chi connectivity index (χ0n) is 6.99. The molecule has 0 radical (unpaired) electrons. The highest BCUT2D eigenvalue weighted by molar-refractivity contribution is 6.52. The average Bonchev–Trinajstić information content (AvgIpc) is 1.98. The van der Waals surface area contributed by atoms with Crippen LogP contribution in [0.4, 0.5) is 0 Å². The second-order valence-corrected chi connectivity index (χ2v) is 3.43. The molecule has 0 aliphatic carbocycles. The molecule has 16 heteroatoms. The highest BCUT2D eigenvalue weighted by atomic mass is 28.4. The van der Waals surface area contributed by atoms with E-state index in [2.05, 4.69) is 18.1 Å². The van der Waals surface area contributed by atoms with Crippen molar-refractivity contribution >= 4 is 9.05 Å². The van der Waals surface area contributed by atoms with Crippen molar-refractivity contribution in [3.05, 3.63) is 15.0 Å². The second kappa shape index (κ2) is 6.04. The van der Waals surface area contributed by atoms with Crippen LogP contribution in [0.3, 0.4) is 0 Å². The van der Waals surface area contributed by atoms with Crippen molar-refractivity contribution in [2.24, 2.45) is 0 Å². The first-order chi connectivity index (χ1) is 7.31. The van der Waals surface area contributed by atoms with E-state index in [0.717, 1.165) is 5.64 Å². The first-order valence-electron chi connectivity index (χ1n) is 2.94. The summed E-state index contributed by atoms with van der Waals surface area (Å²) in [6.45, 7) is 0. The molecule has 16 heavy (non-hydrogen) atoms. The van der Waals surface area contributed by atoms with Crippen molar-refractivity contribution in [2.75, 3.05) is 0 Å². The van der Waals surface area contributed by atoms with Crippen molar-refractivity contribution < 1.29 is 49.1 Å². The summed E-state index contributed by atoms with van der Waals surface area (Å²) in [5.74, 6) is 0. The van der Waals surface area contributed by atoms with E-state index >= 15 is 0 Å². The van der Waals surface area contributed by atoms with E-state index in [1.165, 1.54) is 0 Å². The summed E-state index contributed by atoms with van der Waals surface area (Å²) >= 11 is 0. The maximum absolute atomic E-state index is 10.0. The van der Waals surface area contributed by atoms with Gasteiger partial charge in [-0.05, 0) is 0 Å². The second-order valence-electron chi connectivity index (χ2n) is 1.68. The molecule has 0 unspecified atom stereocenters. The Morgan fingerprint density at radius 2 is 1.69 bits per heavy atom. The summed E-state index contributed by atoms with van der Waals surface area (Å²) in [6.07, 6.45) is 0. The van der Waals surface area contributed by atoms with Gasteiger partial charge in [0.15, 0.2) is 0 Å². The molecule has 0 fully saturated rings. The van der Waals surface area contributed by atoms with Gasteiger partial charge in [-0.3, -0.25) is 5.21 Å². The van der Waals surface area contributed by atoms with Crippen LogP contribution < -0.4 is 5.64 Å². The van der Waals surface area contributed by atoms with E-state index in [1.54, 1.807) is 0 Å². The lowest BCUT2D eigenvalue weighted by Crippen LogP contribution is -2.56. The van der Waals surface area contributed by atoms with Gasteiger partial charge in [-0.2, -0.15) is 0 Å². The van der Waals surface area contributed by atoms with Gasteiger partial charge in [0.25, 0.3) is 0 Å². The summed E-state index contributed by atoms with van der Waals surface area (Å²) in [6, 6.07) is 0. The van der Waals surface area contributed by atoms with Gasteiger partial charge >= 0.3 is 19.2 Å². The molecular formula is H5N4O11Si+. The van der Waals surface area contributed by atoms with Gasteiger partial charge in [-0.25, -0.2) is 19.5 Å². The van der Waals surface area contributed by atoms with Gasteiger partial charge in [0.1, 0.15) is 9.81 Å². The third-order valence-corrected chi connectivity index (χ3v) is 2.22. The molecule has 15 nitrogen and oxygen atoms in total. The maximum Gasteiger partial charge on any atom is 0.988 e. The smallest absolute Gasteiger partial charge is 0.739 e. The summed E-state index contributed by atoms with van der Waals surface area (Å²) < 4.78 is 14.5. The van der Waals surface area contributed by atoms with Crippen LogP contribution in [0.1, 0.15) is 0 Å². The number of rotatable bonds is 8. The summed E-state index contributed by atoms with van der Waals surface area (Å²) in [5.41, 5.74) is 0.781. The van der Waals surface area contributed by atoms with E-state index in [9.17, 15) is 15.0 Å². The molecular weight excluding hydrogens is 260 g/mol. The van der Waals surface area contributed by atoms with Gasteiger partial charge in [-0.15, -0.1) is 14.4 Å². The van der Waals surface area contributed by atoms with Gasteiger partial charge in [0, 0.05) is 0 Å². The minimum Gasteiger partial charge on any atom is -0.739 e. The van der Waals surface area contributed by atoms with Crippen LogP contribution in [-0.2, 0) is 18.1 Å². The van der Waals surface area contributed by atoms with Crippen molar-refractivity contribution in [1.82, 2.24) is 11.0 Å². The fourth-order valence-electron chi connectivity index (χ4n) is 0.449. The van der Waals surface area contributed by atoms with Gasteiger partial charge in [0.05, 0.1) is 0 Å². The van der Waals surface area contributed by atoms with Crippen molar-refractivity contribution in [3.63, 3.8) is 0 Å². The Morgan fingerprint density at radius 3 is 1.94 bits per heavy atom. The van der Waals surface area contributed by atoms with Crippen LogP contribution in [0.15, 0.2) is 0 Å². The molecule has 0 aliphatic heterocycles. The molecule has 0 rings (SSSR count). The van der Waals surface area contributed by atoms with Gasteiger partial charge in [-0.1, -0.05) is 5.64 Å². The fourth-order valence-corrected chi connectivity index (χ4v) is 1.35. The number of nitrogens with zero attached hydrogens (tertiary/aromatic N) is 3. The molecule has 0 spiro atoms. The molecule has 0 saturated heterocycles. The van der Waals surface area contributed by atoms with Crippen LogP contribution in [0.5, 0.6) is 0 Å². The Kier molecular flexibility index (Phi) is 5.41. The predicted molar refractivity (Wildman–Crippen MR) is 32.8 cm³/mol. The van der Waals surface area contributed by atoms with Crippen molar-refractivity contribution in [1.29, 1.82) is 0 Å². The number of hydrogen-bond acceptors (Lipinski definition) is 11. The summed E-state index contributed by atoms with van der Waals surface area (Å²) in [7, 11) is -5.26. The molecule has 0 aromatic carbocycles. The minimum atomic E-state index is -5.26. The molecule has 0 saturated carbocycles. The van der Waals surface area contributed by atoms with Gasteiger partial charge < -0.3 is 10.4 Å². The maximum atomic E-state index is 10.0. The zero-order valence-corrected chi connectivity index (χ0v) is 7.99. The van der Waals surface area contributed by atoms with E-state index < -0.39 is 24.6 Å². The summed E-state index contributed by atoms with van der Waals surface area (Å²) in [4.78, 5) is 20.1. The van der Waals surface area contributed by atoms with E-state index in [1.807, 2.05) is 0 Å². The third-order valence-electron chi connectivity index (χ3n) is 0.740. The third kappa shape index (κ3) is 5.28. The quantitative estimate of drug-likeness (QED) is 0.231. The topological polar surface area (TPSA) is 196 Å². The normalized spacial score (nSPS) is 11.2. The molecule has 5 N–H and O–H groups in total. The lowest BCUT2D eigenvalue weighted by atomic mass is 13.0. The first kappa shape index (κ1) is 14.3. The molecule has 0 amide bonds. The number of nitrogens with one attached hydrogen (secondary N) is 1. The molecule has 0 aromatic heterocycles. The lowest BCUT2D eigenvalue weighted by Gasteiger charge is -2.21. The highest BCUT2D eigenvalue weighted by Gasteiger charge is 2.70. The first-order valence-corrected chi connectivity index (χ1v) is 4.57. The predicted octanol–water partition coefficient (Wildman–Crippen LogP) is -2.35. The van der Waals surface area contributed by atoms with Crippen LogP contribution in [-0.4, -0.2) is 45.4 Å². The van der Waals surface area contributed by atoms with Crippen LogP contribution in [0.2, 0.25) is 0 Å². The number of hydrogen-bond donors (Lipinski definition) is 5. The van der Waals surface area contributed by atoms with Crippen molar-refractivity contribution in [3.8, 4) is 0 Å². The van der Waals surface area contributed by atoms with Crippen LogP contribution in [0, 0.1) is 15.0 Å². The Bertz CT molecular complexity index is 234. The Hall–Kier alpha value is -1.66. The lowest BCUT2D eigenvalue weighted by molar-refractivity contribution is -0.989. The molecule has 0 atom stereocenters. The Labute approximate surface area is 85.4 Å². The molecule has 0 aliphatic rings. The standard InChI is InChI=1S/H5N4O11Si/c5-1-12-16(13-2(6)7,14-3(8)9)15-4(10)11/h1,5-6H,(H,8,9)(H,10,11)/q+1. The van der Waals surface area contributed by atoms with Crippen LogP contribution >= 0.6 is 0 Å². The van der Waals surface area contributed by atoms with E-state index in [-0.39, 0.29) is 0 Å². The summed E-state index contributed by atoms with van der Waals surface area (Å²) in [5, 5.41) is 38.1. The van der Waals surface area contributed by atoms with Crippen molar-refractivity contribution in [2.45, 2.75) is 0 Å². The van der Waals surface area contributed by atoms with Crippen LogP contribution in [0.25, 0.3) is 0 Å². The van der Waals surface area contributed by atoms with E-state index in [4.69, 9.17) is 20.8 Å².